The molecule has 3 aromatic rings. The van der Waals surface area contributed by atoms with Crippen LogP contribution in [0.15, 0.2) is 126 Å². The predicted octanol–water partition coefficient (Wildman–Crippen LogP) is 5.30. The molecule has 8 atom stereocenters. The summed E-state index contributed by atoms with van der Waals surface area (Å²) in [6.07, 6.45) is -2.66. The van der Waals surface area contributed by atoms with Crippen LogP contribution in [0.25, 0.3) is 0 Å². The summed E-state index contributed by atoms with van der Waals surface area (Å²) >= 11 is 0. The molecule has 4 bridgehead atoms. The van der Waals surface area contributed by atoms with Crippen LogP contribution in [0, 0.1) is 11.3 Å². The van der Waals surface area contributed by atoms with Gasteiger partial charge in [-0.1, -0.05) is 86.7 Å². The number of hydrogen-bond donors (Lipinski definition) is 3. The average molecular weight is 864 g/mol. The van der Waals surface area contributed by atoms with Crippen LogP contribution in [-0.2, 0) is 42.8 Å². The summed E-state index contributed by atoms with van der Waals surface area (Å²) in [5.74, 6) is -5.31. The van der Waals surface area contributed by atoms with Crippen molar-refractivity contribution in [2.75, 3.05) is 26.4 Å². The second-order valence-electron chi connectivity index (χ2n) is 16.9. The monoisotopic (exact) mass is 863 g/mol. The standard InChI is InChI=1S/C49H53NO13/c1-29-35(61-46(56)41(53)39(32-17-9-6-10-18-32)50-44(54)33-19-11-7-12-20-33)27-49(57)43(62-45(55)34-21-13-8-14-22-34)38-30(2)42(40(52)37(29)47(49,4)5)59-25-16-15-24-58-26-23-36-48(38,28-60-36)63-31(3)51/h6-22,35-36,38-39,41,43,53,57H,23-28H2,1-5H3,(H,50,54)/b16-15+,42-30?/t35-,36+,38+,39-,41+,43-,48-,49+/m0/s1. The lowest BCUT2D eigenvalue weighted by atomic mass is 9.53. The number of ketones is 1. The molecule has 2 aliphatic heterocycles. The number of aliphatic hydroxyl groups is 2. The molecule has 1 amide bonds. The van der Waals surface area contributed by atoms with Crippen molar-refractivity contribution in [3.05, 3.63) is 142 Å². The van der Waals surface area contributed by atoms with E-state index in [4.69, 9.17) is 28.4 Å². The van der Waals surface area contributed by atoms with Crippen LogP contribution in [0.5, 0.6) is 0 Å². The first kappa shape index (κ1) is 45.1. The van der Waals surface area contributed by atoms with Gasteiger partial charge in [-0.25, -0.2) is 9.59 Å². The van der Waals surface area contributed by atoms with Gasteiger partial charge in [0.1, 0.15) is 30.5 Å². The second kappa shape index (κ2) is 18.4. The van der Waals surface area contributed by atoms with E-state index < -0.39 is 89.0 Å². The first-order chi connectivity index (χ1) is 30.1. The Morgan fingerprint density at radius 3 is 2.08 bits per heavy atom. The number of amides is 1. The van der Waals surface area contributed by atoms with Crippen molar-refractivity contribution >= 4 is 29.6 Å². The van der Waals surface area contributed by atoms with E-state index in [2.05, 4.69) is 5.32 Å². The number of carbonyl (C=O) groups excluding carboxylic acids is 5. The zero-order valence-corrected chi connectivity index (χ0v) is 35.9. The first-order valence-corrected chi connectivity index (χ1v) is 21.0. The van der Waals surface area contributed by atoms with E-state index in [-0.39, 0.29) is 66.5 Å². The highest BCUT2D eigenvalue weighted by molar-refractivity contribution is 6.09. The van der Waals surface area contributed by atoms with Crippen molar-refractivity contribution in [2.45, 2.75) is 89.1 Å². The fourth-order valence-corrected chi connectivity index (χ4v) is 9.47. The third-order valence-corrected chi connectivity index (χ3v) is 12.8. The fourth-order valence-electron chi connectivity index (χ4n) is 9.47. The van der Waals surface area contributed by atoms with Gasteiger partial charge in [-0.05, 0) is 60.9 Å². The molecule has 1 saturated heterocycles. The van der Waals surface area contributed by atoms with Crippen molar-refractivity contribution in [3.8, 4) is 0 Å². The van der Waals surface area contributed by atoms with E-state index in [1.807, 2.05) is 0 Å². The van der Waals surface area contributed by atoms with E-state index in [1.54, 1.807) is 131 Å². The maximum atomic E-state index is 15.3. The number of fused-ring (bicyclic) bond motifs is 5. The summed E-state index contributed by atoms with van der Waals surface area (Å²) in [5, 5.41) is 28.2. The summed E-state index contributed by atoms with van der Waals surface area (Å²) in [4.78, 5) is 70.6. The summed E-state index contributed by atoms with van der Waals surface area (Å²) in [6, 6.07) is 23.6. The average Bonchev–Trinajstić information content (AvgIpc) is 3.27. The zero-order chi connectivity index (χ0) is 45.1. The van der Waals surface area contributed by atoms with Crippen molar-refractivity contribution in [2.24, 2.45) is 11.3 Å². The van der Waals surface area contributed by atoms with Gasteiger partial charge < -0.3 is 44.0 Å². The molecule has 332 valence electrons. The maximum absolute atomic E-state index is 15.3. The Morgan fingerprint density at radius 2 is 1.46 bits per heavy atom. The van der Waals surface area contributed by atoms with E-state index in [1.165, 1.54) is 6.92 Å². The highest BCUT2D eigenvalue weighted by Crippen LogP contribution is 2.58. The summed E-state index contributed by atoms with van der Waals surface area (Å²) in [5.41, 5.74) is -4.12. The van der Waals surface area contributed by atoms with Gasteiger partial charge in [-0.2, -0.15) is 0 Å². The molecule has 2 heterocycles. The molecule has 7 rings (SSSR count). The van der Waals surface area contributed by atoms with Crippen LogP contribution >= 0.6 is 0 Å². The third-order valence-electron chi connectivity index (χ3n) is 12.8. The lowest BCUT2D eigenvalue weighted by Gasteiger charge is -2.60. The number of allylic oxidation sites excluding steroid dienone is 1. The zero-order valence-electron chi connectivity index (χ0n) is 35.9. The molecule has 0 unspecified atom stereocenters. The second-order valence-corrected chi connectivity index (χ2v) is 16.9. The molecule has 3 N–H and O–H groups in total. The van der Waals surface area contributed by atoms with E-state index in [0.717, 1.165) is 0 Å². The molecule has 0 radical (unpaired) electrons. The van der Waals surface area contributed by atoms with Crippen LogP contribution in [0.4, 0.5) is 0 Å². The number of hydrogen-bond acceptors (Lipinski definition) is 13. The van der Waals surface area contributed by atoms with Crippen LogP contribution in [0.1, 0.15) is 79.8 Å². The van der Waals surface area contributed by atoms with E-state index >= 15 is 4.79 Å². The number of benzene rings is 3. The number of ether oxygens (including phenoxy) is 6. The normalized spacial score (nSPS) is 28.3. The number of carbonyl (C=O) groups is 5. The van der Waals surface area contributed by atoms with Crippen LogP contribution in [-0.4, -0.2) is 102 Å². The number of aliphatic hydroxyl groups excluding tert-OH is 1. The lowest BCUT2D eigenvalue weighted by molar-refractivity contribution is -0.296. The van der Waals surface area contributed by atoms with Gasteiger partial charge in [0.15, 0.2) is 17.5 Å². The predicted molar refractivity (Wildman–Crippen MR) is 227 cm³/mol. The van der Waals surface area contributed by atoms with Gasteiger partial charge in [-0.15, -0.1) is 0 Å². The molecule has 0 saturated carbocycles. The third kappa shape index (κ3) is 8.60. The maximum Gasteiger partial charge on any atom is 0.338 e. The molecule has 3 aromatic carbocycles. The minimum absolute atomic E-state index is 0.0219. The fraction of sp³-hybridized carbons (Fsp3) is 0.408. The quantitative estimate of drug-likeness (QED) is 0.143. The van der Waals surface area contributed by atoms with Crippen molar-refractivity contribution in [1.29, 1.82) is 0 Å². The van der Waals surface area contributed by atoms with Crippen molar-refractivity contribution < 1.29 is 62.6 Å². The van der Waals surface area contributed by atoms with E-state index in [0.29, 0.717) is 5.56 Å². The minimum atomic E-state index is -2.27. The van der Waals surface area contributed by atoms with Gasteiger partial charge in [0.2, 0.25) is 5.78 Å². The van der Waals surface area contributed by atoms with Crippen LogP contribution in [0.2, 0.25) is 0 Å². The SMILES string of the molecule is CC(=O)O[C@@]12CO[C@@H]1CCOC/C=C/COC1=C(C)[C@@H]2[C@H](OC(=O)c2ccccc2)[C@]2(O)C[C@H](OC(=O)[C@H](O)[C@@H](NC(=O)c3ccccc3)c3ccccc3)C(C)=C(C1=O)C2(C)C. The molecule has 14 nitrogen and oxygen atoms in total. The number of Topliss-reactive ketones (excluding diaryl/α,β-unsaturated/α-hetero) is 1. The van der Waals surface area contributed by atoms with Crippen molar-refractivity contribution in [1.82, 2.24) is 5.32 Å². The van der Waals surface area contributed by atoms with Gasteiger partial charge in [0.05, 0.1) is 30.7 Å². The molecule has 1 fully saturated rings. The lowest BCUT2D eigenvalue weighted by Crippen LogP contribution is -2.73. The summed E-state index contributed by atoms with van der Waals surface area (Å²) in [7, 11) is 0. The molecule has 0 aromatic heterocycles. The molecule has 0 spiro atoms. The Hall–Kier alpha value is -5.93. The first-order valence-electron chi connectivity index (χ1n) is 21.0. The van der Waals surface area contributed by atoms with Gasteiger partial charge in [-0.3, -0.25) is 14.4 Å². The highest BCUT2D eigenvalue weighted by atomic mass is 16.6. The number of rotatable bonds is 9. The van der Waals surface area contributed by atoms with Gasteiger partial charge in [0.25, 0.3) is 5.91 Å². The Labute approximate surface area is 365 Å². The topological polar surface area (TPSA) is 193 Å². The van der Waals surface area contributed by atoms with Gasteiger partial charge in [0, 0.05) is 42.9 Å². The van der Waals surface area contributed by atoms with Crippen LogP contribution in [0.3, 0.4) is 0 Å². The molecule has 63 heavy (non-hydrogen) atoms. The minimum Gasteiger partial charge on any atom is -0.485 e. The highest BCUT2D eigenvalue weighted by Gasteiger charge is 2.70. The molecule has 2 aliphatic carbocycles. The number of esters is 3. The smallest absolute Gasteiger partial charge is 0.338 e. The molecular weight excluding hydrogens is 811 g/mol. The van der Waals surface area contributed by atoms with Crippen molar-refractivity contribution in [3.63, 3.8) is 0 Å². The Balaban J connectivity index is 1.37. The molecule has 4 aliphatic rings. The Bertz CT molecular complexity index is 2310. The van der Waals surface area contributed by atoms with E-state index in [9.17, 15) is 29.4 Å². The Morgan fingerprint density at radius 1 is 0.841 bits per heavy atom. The summed E-state index contributed by atoms with van der Waals surface area (Å²) < 4.78 is 37.1. The molecular formula is C49H53NO13. The van der Waals surface area contributed by atoms with Crippen LogP contribution < -0.4 is 5.32 Å². The van der Waals surface area contributed by atoms with Gasteiger partial charge >= 0.3 is 17.9 Å². The largest absolute Gasteiger partial charge is 0.485 e. The Kier molecular flexibility index (Phi) is 13.2. The summed E-state index contributed by atoms with van der Waals surface area (Å²) in [6.45, 7) is 7.85. The number of nitrogens with one attached hydrogen (secondary N) is 1. The molecule has 14 heteroatoms.